The van der Waals surface area contributed by atoms with Crippen molar-refractivity contribution in [2.75, 3.05) is 37.7 Å². The van der Waals surface area contributed by atoms with Gasteiger partial charge in [-0.25, -0.2) is 8.42 Å². The van der Waals surface area contributed by atoms with Crippen LogP contribution in [0, 0.1) is 16.0 Å². The Morgan fingerprint density at radius 1 is 1.07 bits per heavy atom. The van der Waals surface area contributed by atoms with Crippen molar-refractivity contribution in [1.82, 2.24) is 4.31 Å². The van der Waals surface area contributed by atoms with Crippen molar-refractivity contribution in [2.45, 2.75) is 49.5 Å². The fourth-order valence-electron chi connectivity index (χ4n) is 4.28. The van der Waals surface area contributed by atoms with Gasteiger partial charge < -0.3 is 9.64 Å². The van der Waals surface area contributed by atoms with E-state index in [9.17, 15) is 18.5 Å². The molecule has 0 radical (unpaired) electrons. The second-order valence-corrected chi connectivity index (χ2v) is 9.84. The van der Waals surface area contributed by atoms with E-state index in [1.54, 1.807) is 6.07 Å². The van der Waals surface area contributed by atoms with E-state index in [4.69, 9.17) is 4.74 Å². The first-order chi connectivity index (χ1) is 13.5. The van der Waals surface area contributed by atoms with Crippen LogP contribution in [0.3, 0.4) is 0 Å². The van der Waals surface area contributed by atoms with Gasteiger partial charge in [0.2, 0.25) is 10.0 Å². The number of nitro groups is 1. The van der Waals surface area contributed by atoms with Crippen LogP contribution >= 0.6 is 0 Å². The fourth-order valence-corrected chi connectivity index (χ4v) is 5.81. The van der Waals surface area contributed by atoms with Crippen LogP contribution in [0.5, 0.6) is 0 Å². The molecule has 0 bridgehead atoms. The minimum Gasteiger partial charge on any atom is -0.377 e. The summed E-state index contributed by atoms with van der Waals surface area (Å²) in [4.78, 5) is 13.4. The molecule has 0 N–H and O–H groups in total. The van der Waals surface area contributed by atoms with Gasteiger partial charge in [0, 0.05) is 25.7 Å². The number of hydrogen-bond donors (Lipinski definition) is 0. The van der Waals surface area contributed by atoms with E-state index >= 15 is 0 Å². The molecule has 9 heteroatoms. The Morgan fingerprint density at radius 3 is 2.43 bits per heavy atom. The highest BCUT2D eigenvalue weighted by molar-refractivity contribution is 7.89. The molecule has 0 spiro atoms. The van der Waals surface area contributed by atoms with E-state index in [0.29, 0.717) is 44.5 Å². The maximum Gasteiger partial charge on any atom is 0.293 e. The van der Waals surface area contributed by atoms with Gasteiger partial charge >= 0.3 is 0 Å². The number of ether oxygens (including phenoxy) is 1. The summed E-state index contributed by atoms with van der Waals surface area (Å²) < 4.78 is 33.2. The number of nitro benzene ring substituents is 1. The van der Waals surface area contributed by atoms with Crippen molar-refractivity contribution in [2.24, 2.45) is 5.92 Å². The lowest BCUT2D eigenvalue weighted by Gasteiger charge is -2.37. The lowest BCUT2D eigenvalue weighted by atomic mass is 10.1. The highest BCUT2D eigenvalue weighted by Crippen LogP contribution is 2.41. The van der Waals surface area contributed by atoms with Gasteiger partial charge in [0.05, 0.1) is 29.1 Å². The van der Waals surface area contributed by atoms with Crippen molar-refractivity contribution in [3.05, 3.63) is 28.3 Å². The number of hydrogen-bond acceptors (Lipinski definition) is 6. The van der Waals surface area contributed by atoms with E-state index in [1.807, 2.05) is 4.90 Å². The number of nitrogens with zero attached hydrogens (tertiary/aromatic N) is 3. The zero-order chi connectivity index (χ0) is 19.7. The van der Waals surface area contributed by atoms with Gasteiger partial charge in [-0.2, -0.15) is 4.31 Å². The quantitative estimate of drug-likeness (QED) is 0.548. The number of rotatable bonds is 5. The van der Waals surface area contributed by atoms with Crippen LogP contribution in [0.25, 0.3) is 0 Å². The Kier molecular flexibility index (Phi) is 5.57. The summed E-state index contributed by atoms with van der Waals surface area (Å²) in [6, 6.07) is 4.51. The first-order valence-electron chi connectivity index (χ1n) is 10.1. The Labute approximate surface area is 165 Å². The Morgan fingerprint density at radius 2 is 1.79 bits per heavy atom. The molecule has 1 saturated carbocycles. The molecular formula is C19H27N3O5S. The molecule has 1 aromatic rings. The highest BCUT2D eigenvalue weighted by Gasteiger charge is 2.39. The molecule has 2 aliphatic heterocycles. The zero-order valence-electron chi connectivity index (χ0n) is 16.0. The number of benzene rings is 1. The van der Waals surface area contributed by atoms with Gasteiger partial charge in [0.1, 0.15) is 5.69 Å². The predicted molar refractivity (Wildman–Crippen MR) is 105 cm³/mol. The maximum absolute atomic E-state index is 13.1. The maximum atomic E-state index is 13.1. The molecular weight excluding hydrogens is 382 g/mol. The SMILES string of the molecule is O=[N+]([O-])c1cc(S(=O)(=O)N2CCCCCC2)ccc1N1CCOC[C@@H]1C1CC1. The molecule has 1 atom stereocenters. The normalized spacial score (nSPS) is 24.7. The second-order valence-electron chi connectivity index (χ2n) is 7.90. The molecule has 4 rings (SSSR count). The van der Waals surface area contributed by atoms with Gasteiger partial charge in [-0.15, -0.1) is 0 Å². The third kappa shape index (κ3) is 3.88. The Bertz CT molecular complexity index is 832. The standard InChI is InChI=1S/C19H27N3O5S/c23-22(24)18-13-16(28(25,26)20-9-3-1-2-4-10-20)7-8-17(18)21-11-12-27-14-19(21)15-5-6-15/h7-8,13,15,19H,1-6,9-12,14H2/t19-/m1/s1. The van der Waals surface area contributed by atoms with Crippen LogP contribution in [-0.2, 0) is 14.8 Å². The molecule has 1 aromatic carbocycles. The molecule has 3 aliphatic rings. The molecule has 2 heterocycles. The van der Waals surface area contributed by atoms with Crippen LogP contribution in [0.4, 0.5) is 11.4 Å². The molecule has 154 valence electrons. The van der Waals surface area contributed by atoms with Crippen LogP contribution in [0.2, 0.25) is 0 Å². The third-order valence-electron chi connectivity index (χ3n) is 5.99. The van der Waals surface area contributed by atoms with Crippen molar-refractivity contribution in [3.8, 4) is 0 Å². The van der Waals surface area contributed by atoms with Crippen molar-refractivity contribution >= 4 is 21.4 Å². The lowest BCUT2D eigenvalue weighted by Crippen LogP contribution is -2.47. The van der Waals surface area contributed by atoms with Gasteiger partial charge in [-0.05, 0) is 43.7 Å². The van der Waals surface area contributed by atoms with Gasteiger partial charge in [0.15, 0.2) is 0 Å². The molecule has 1 aliphatic carbocycles. The van der Waals surface area contributed by atoms with E-state index in [2.05, 4.69) is 0 Å². The first kappa shape index (κ1) is 19.6. The van der Waals surface area contributed by atoms with Crippen LogP contribution in [0.1, 0.15) is 38.5 Å². The number of anilines is 1. The highest BCUT2D eigenvalue weighted by atomic mass is 32.2. The van der Waals surface area contributed by atoms with E-state index < -0.39 is 14.9 Å². The summed E-state index contributed by atoms with van der Waals surface area (Å²) in [6.07, 6.45) is 5.92. The summed E-state index contributed by atoms with van der Waals surface area (Å²) >= 11 is 0. The summed E-state index contributed by atoms with van der Waals surface area (Å²) in [6.45, 7) is 2.63. The Hall–Kier alpha value is -1.71. The Balaban J connectivity index is 1.67. The van der Waals surface area contributed by atoms with Crippen LogP contribution < -0.4 is 4.90 Å². The smallest absolute Gasteiger partial charge is 0.293 e. The minimum absolute atomic E-state index is 0.0149. The van der Waals surface area contributed by atoms with Crippen LogP contribution in [-0.4, -0.2) is 56.5 Å². The fraction of sp³-hybridized carbons (Fsp3) is 0.684. The van der Waals surface area contributed by atoms with Crippen LogP contribution in [0.15, 0.2) is 23.1 Å². The lowest BCUT2D eigenvalue weighted by molar-refractivity contribution is -0.384. The average Bonchev–Trinajstić information content (AvgIpc) is 3.54. The molecule has 8 nitrogen and oxygen atoms in total. The van der Waals surface area contributed by atoms with E-state index in [1.165, 1.54) is 16.4 Å². The third-order valence-corrected chi connectivity index (χ3v) is 7.88. The average molecular weight is 410 g/mol. The van der Waals surface area contributed by atoms with Gasteiger partial charge in [-0.3, -0.25) is 10.1 Å². The second kappa shape index (κ2) is 7.96. The molecule has 28 heavy (non-hydrogen) atoms. The summed E-state index contributed by atoms with van der Waals surface area (Å²) in [5.74, 6) is 0.500. The summed E-state index contributed by atoms with van der Waals surface area (Å²) in [5.41, 5.74) is 0.364. The summed E-state index contributed by atoms with van der Waals surface area (Å²) in [5, 5.41) is 11.8. The molecule has 0 amide bonds. The van der Waals surface area contributed by atoms with E-state index in [0.717, 1.165) is 38.5 Å². The monoisotopic (exact) mass is 409 g/mol. The topological polar surface area (TPSA) is 93.0 Å². The van der Waals surface area contributed by atoms with E-state index in [-0.39, 0.29) is 16.6 Å². The predicted octanol–water partition coefficient (Wildman–Crippen LogP) is 2.77. The van der Waals surface area contributed by atoms with Crippen molar-refractivity contribution in [1.29, 1.82) is 0 Å². The molecule has 0 unspecified atom stereocenters. The van der Waals surface area contributed by atoms with Gasteiger partial charge in [0.25, 0.3) is 5.69 Å². The van der Waals surface area contributed by atoms with Crippen molar-refractivity contribution < 1.29 is 18.1 Å². The zero-order valence-corrected chi connectivity index (χ0v) is 16.8. The molecule has 2 saturated heterocycles. The summed E-state index contributed by atoms with van der Waals surface area (Å²) in [7, 11) is -3.72. The minimum atomic E-state index is -3.72. The number of morpholine rings is 1. The number of sulfonamides is 1. The molecule has 3 fully saturated rings. The largest absolute Gasteiger partial charge is 0.377 e. The first-order valence-corrected chi connectivity index (χ1v) is 11.6. The van der Waals surface area contributed by atoms with Gasteiger partial charge in [-0.1, -0.05) is 12.8 Å². The molecule has 0 aromatic heterocycles. The van der Waals surface area contributed by atoms with Crippen molar-refractivity contribution in [3.63, 3.8) is 0 Å².